The lowest BCUT2D eigenvalue weighted by molar-refractivity contribution is -0.339. The van der Waals surface area contributed by atoms with Crippen molar-refractivity contribution in [2.24, 2.45) is 0 Å². The Bertz CT molecular complexity index is 2020. The van der Waals surface area contributed by atoms with Crippen LogP contribution in [-0.4, -0.2) is 115 Å². The minimum absolute atomic E-state index is 0.0316. The van der Waals surface area contributed by atoms with E-state index < -0.39 is 97.7 Å². The number of aliphatic hydroxyl groups excluding tert-OH is 2. The van der Waals surface area contributed by atoms with Gasteiger partial charge in [-0.05, 0) is 42.0 Å². The third-order valence-corrected chi connectivity index (χ3v) is 9.46. The van der Waals surface area contributed by atoms with E-state index in [0.29, 0.717) is 0 Å². The number of benzene rings is 4. The van der Waals surface area contributed by atoms with Gasteiger partial charge in [0.15, 0.2) is 37.0 Å². The standard InChI is InChI=1S/C43H43NO15/c1-25(46)44-31-33(32(47)30(23-45)54-42(31)53-24-26-15-7-3-8-16-26)58-43-37(57-40(50)29-21-13-6-14-22-29)35(56-39(49)28-19-11-5-12-20-28)34(36(59-43)41(51)52-2)55-38(48)27-17-9-4-10-18-27/h3-22,30-37,42-43,45,47H,23-24H2,1-2H3,(H,44,46)/t30-,31-,32+,33-,34+,35+,36+,37-,42+,43-/m1/s1. The van der Waals surface area contributed by atoms with E-state index >= 15 is 0 Å². The van der Waals surface area contributed by atoms with Gasteiger partial charge in [-0.2, -0.15) is 0 Å². The summed E-state index contributed by atoms with van der Waals surface area (Å²) in [6.07, 6.45) is -15.5. The molecule has 310 valence electrons. The first kappa shape index (κ1) is 42.6. The van der Waals surface area contributed by atoms with Crippen molar-refractivity contribution in [3.05, 3.63) is 144 Å². The van der Waals surface area contributed by atoms with Gasteiger partial charge in [-0.1, -0.05) is 84.9 Å². The van der Waals surface area contributed by atoms with E-state index in [9.17, 15) is 34.2 Å². The first-order valence-electron chi connectivity index (χ1n) is 18.6. The Kier molecular flexibility index (Phi) is 14.5. The molecule has 0 radical (unpaired) electrons. The number of hydrogen-bond acceptors (Lipinski definition) is 15. The number of esters is 4. The van der Waals surface area contributed by atoms with E-state index in [4.69, 9.17) is 37.9 Å². The summed E-state index contributed by atoms with van der Waals surface area (Å²) in [5, 5.41) is 24.6. The molecule has 0 saturated carbocycles. The molecular formula is C43H43NO15. The second-order valence-corrected chi connectivity index (χ2v) is 13.5. The van der Waals surface area contributed by atoms with Crippen LogP contribution in [0.25, 0.3) is 0 Å². The van der Waals surface area contributed by atoms with E-state index in [1.54, 1.807) is 78.9 Å². The van der Waals surface area contributed by atoms with Crippen LogP contribution in [0.2, 0.25) is 0 Å². The number of rotatable bonds is 14. The highest BCUT2D eigenvalue weighted by atomic mass is 16.8. The van der Waals surface area contributed by atoms with Crippen LogP contribution < -0.4 is 5.32 Å². The Hall–Kier alpha value is -6.01. The highest BCUT2D eigenvalue weighted by Crippen LogP contribution is 2.35. The van der Waals surface area contributed by atoms with Gasteiger partial charge in [0.25, 0.3) is 0 Å². The lowest BCUT2D eigenvalue weighted by atomic mass is 9.94. The Morgan fingerprint density at radius 1 is 0.627 bits per heavy atom. The minimum atomic E-state index is -1.95. The normalized spacial score (nSPS) is 26.4. The lowest BCUT2D eigenvalue weighted by Gasteiger charge is -2.48. The maximum absolute atomic E-state index is 13.9. The SMILES string of the molecule is COC(=O)[C@H]1O[C@@H](O[C@H]2[C@@H](O)[C@@H](CO)O[C@H](OCc3ccccc3)[C@@H]2NC(C)=O)[C@H](OC(=O)c2ccccc2)[C@@H](OC(=O)c2ccccc2)[C@@H]1OC(=O)c1ccccc1. The van der Waals surface area contributed by atoms with Crippen molar-refractivity contribution in [1.82, 2.24) is 5.32 Å². The molecule has 2 saturated heterocycles. The molecule has 16 nitrogen and oxygen atoms in total. The monoisotopic (exact) mass is 813 g/mol. The summed E-state index contributed by atoms with van der Waals surface area (Å²) in [6, 6.07) is 30.8. The van der Waals surface area contributed by atoms with Crippen LogP contribution >= 0.6 is 0 Å². The van der Waals surface area contributed by atoms with Crippen LogP contribution in [0.3, 0.4) is 0 Å². The van der Waals surface area contributed by atoms with Crippen LogP contribution in [0.1, 0.15) is 43.6 Å². The van der Waals surface area contributed by atoms with Gasteiger partial charge in [-0.3, -0.25) is 4.79 Å². The summed E-state index contributed by atoms with van der Waals surface area (Å²) in [4.78, 5) is 67.6. The fourth-order valence-corrected chi connectivity index (χ4v) is 6.58. The number of aliphatic hydroxyl groups is 2. The molecule has 2 heterocycles. The molecule has 0 aromatic heterocycles. The van der Waals surface area contributed by atoms with Crippen molar-refractivity contribution in [2.75, 3.05) is 13.7 Å². The van der Waals surface area contributed by atoms with Gasteiger partial charge in [0.2, 0.25) is 5.91 Å². The molecule has 0 unspecified atom stereocenters. The van der Waals surface area contributed by atoms with Crippen LogP contribution in [0.15, 0.2) is 121 Å². The number of carbonyl (C=O) groups is 5. The van der Waals surface area contributed by atoms with Gasteiger partial charge in [0.1, 0.15) is 24.4 Å². The average molecular weight is 814 g/mol. The molecule has 6 rings (SSSR count). The van der Waals surface area contributed by atoms with Gasteiger partial charge in [0.05, 0.1) is 37.0 Å². The molecule has 2 aliphatic heterocycles. The van der Waals surface area contributed by atoms with E-state index in [1.165, 1.54) is 43.3 Å². The molecule has 4 aromatic carbocycles. The number of carbonyl (C=O) groups excluding carboxylic acids is 5. The molecule has 4 aromatic rings. The van der Waals surface area contributed by atoms with E-state index in [0.717, 1.165) is 12.7 Å². The predicted molar refractivity (Wildman–Crippen MR) is 203 cm³/mol. The van der Waals surface area contributed by atoms with Crippen LogP contribution in [0.4, 0.5) is 0 Å². The smallest absolute Gasteiger partial charge is 0.339 e. The summed E-state index contributed by atoms with van der Waals surface area (Å²) >= 11 is 0. The Morgan fingerprint density at radius 3 is 1.58 bits per heavy atom. The summed E-state index contributed by atoms with van der Waals surface area (Å²) in [6.45, 7) is 0.433. The number of hydrogen-bond donors (Lipinski definition) is 3. The van der Waals surface area contributed by atoms with Gasteiger partial charge >= 0.3 is 23.9 Å². The van der Waals surface area contributed by atoms with Crippen molar-refractivity contribution >= 4 is 29.8 Å². The number of amides is 1. The number of nitrogens with one attached hydrogen (secondary N) is 1. The summed E-state index contributed by atoms with van der Waals surface area (Å²) < 4.78 is 47.5. The maximum atomic E-state index is 13.9. The molecule has 0 bridgehead atoms. The molecule has 10 atom stereocenters. The zero-order chi connectivity index (χ0) is 41.9. The van der Waals surface area contributed by atoms with E-state index in [2.05, 4.69) is 5.32 Å². The van der Waals surface area contributed by atoms with Gasteiger partial charge in [-0.25, -0.2) is 19.2 Å². The van der Waals surface area contributed by atoms with Crippen LogP contribution in [0, 0.1) is 0 Å². The Balaban J connectivity index is 1.44. The zero-order valence-corrected chi connectivity index (χ0v) is 31.9. The zero-order valence-electron chi connectivity index (χ0n) is 31.9. The Labute approximate surface area is 338 Å². The third kappa shape index (κ3) is 10.5. The summed E-state index contributed by atoms with van der Waals surface area (Å²) in [5.41, 5.74) is 0.872. The molecule has 1 amide bonds. The minimum Gasteiger partial charge on any atom is -0.467 e. The largest absolute Gasteiger partial charge is 0.467 e. The first-order chi connectivity index (χ1) is 28.6. The summed E-state index contributed by atoms with van der Waals surface area (Å²) in [7, 11) is 1.04. The molecule has 16 heteroatoms. The lowest BCUT2D eigenvalue weighted by Crippen LogP contribution is -2.69. The highest BCUT2D eigenvalue weighted by Gasteiger charge is 2.58. The van der Waals surface area contributed by atoms with Crippen molar-refractivity contribution in [2.45, 2.75) is 74.9 Å². The van der Waals surface area contributed by atoms with E-state index in [-0.39, 0.29) is 23.3 Å². The third-order valence-electron chi connectivity index (χ3n) is 9.46. The van der Waals surface area contributed by atoms with Gasteiger partial charge in [0, 0.05) is 6.92 Å². The van der Waals surface area contributed by atoms with Crippen LogP contribution in [0.5, 0.6) is 0 Å². The van der Waals surface area contributed by atoms with Crippen LogP contribution in [-0.2, 0) is 54.1 Å². The number of ether oxygens (including phenoxy) is 8. The first-order valence-corrected chi connectivity index (χ1v) is 18.6. The molecule has 59 heavy (non-hydrogen) atoms. The molecule has 3 N–H and O–H groups in total. The van der Waals surface area contributed by atoms with Crippen molar-refractivity contribution in [1.29, 1.82) is 0 Å². The average Bonchev–Trinajstić information content (AvgIpc) is 3.26. The van der Waals surface area contributed by atoms with E-state index in [1.807, 2.05) is 6.07 Å². The topological polar surface area (TPSA) is 212 Å². The van der Waals surface area contributed by atoms with Crippen molar-refractivity contribution in [3.63, 3.8) is 0 Å². The molecule has 2 fully saturated rings. The summed E-state index contributed by atoms with van der Waals surface area (Å²) in [5.74, 6) is -4.61. The quantitative estimate of drug-likeness (QED) is 0.123. The highest BCUT2D eigenvalue weighted by molar-refractivity contribution is 5.91. The van der Waals surface area contributed by atoms with Crippen molar-refractivity contribution < 1.29 is 72.1 Å². The Morgan fingerprint density at radius 2 is 1.10 bits per heavy atom. The van der Waals surface area contributed by atoms with Gasteiger partial charge in [-0.15, -0.1) is 0 Å². The fourth-order valence-electron chi connectivity index (χ4n) is 6.58. The second-order valence-electron chi connectivity index (χ2n) is 13.5. The number of methoxy groups -OCH3 is 1. The van der Waals surface area contributed by atoms with Gasteiger partial charge < -0.3 is 53.4 Å². The molecule has 0 aliphatic carbocycles. The molecule has 0 spiro atoms. The predicted octanol–water partition coefficient (Wildman–Crippen LogP) is 2.75. The molecular weight excluding hydrogens is 770 g/mol. The van der Waals surface area contributed by atoms with Crippen molar-refractivity contribution in [3.8, 4) is 0 Å². The fraction of sp³-hybridized carbons (Fsp3) is 0.326. The molecule has 2 aliphatic rings. The maximum Gasteiger partial charge on any atom is 0.339 e. The second kappa shape index (κ2) is 20.1.